The Balaban J connectivity index is 1.96. The second kappa shape index (κ2) is 9.08. The molecule has 1 saturated carbocycles. The van der Waals surface area contributed by atoms with Gasteiger partial charge in [-0.05, 0) is 36.9 Å². The van der Waals surface area contributed by atoms with Gasteiger partial charge in [0.2, 0.25) is 11.8 Å². The minimum atomic E-state index is -0.314. The first-order valence-corrected chi connectivity index (χ1v) is 9.53. The van der Waals surface area contributed by atoms with Crippen LogP contribution in [0.3, 0.4) is 0 Å². The van der Waals surface area contributed by atoms with Gasteiger partial charge >= 0.3 is 0 Å². The molecule has 24 heavy (non-hydrogen) atoms. The lowest BCUT2D eigenvalue weighted by Gasteiger charge is -2.35. The molecule has 2 amide bonds. The van der Waals surface area contributed by atoms with Gasteiger partial charge in [0.1, 0.15) is 0 Å². The average molecular weight is 350 g/mol. The zero-order valence-electron chi connectivity index (χ0n) is 14.1. The first-order valence-electron chi connectivity index (χ1n) is 8.55. The van der Waals surface area contributed by atoms with Gasteiger partial charge in [-0.2, -0.15) is 0 Å². The molecule has 0 atom stereocenters. The van der Waals surface area contributed by atoms with Gasteiger partial charge in [-0.3, -0.25) is 9.59 Å². The van der Waals surface area contributed by atoms with E-state index in [0.29, 0.717) is 25.1 Å². The third-order valence-corrected chi connectivity index (χ3v) is 5.73. The molecule has 1 aromatic rings. The van der Waals surface area contributed by atoms with E-state index in [0.717, 1.165) is 36.3 Å². The standard InChI is InChI=1S/C18H27N3O2S/c19-13-18(9-4-1-5-10-18)12-17(23)21-14-6-2-3-7-15(14)24-11-8-16(20)22/h2-3,6-7H,1,4-5,8-13,19H2,(H2,20,22)(H,21,23). The van der Waals surface area contributed by atoms with Crippen molar-refractivity contribution in [1.29, 1.82) is 0 Å². The smallest absolute Gasteiger partial charge is 0.225 e. The summed E-state index contributed by atoms with van der Waals surface area (Å²) < 4.78 is 0. The second-order valence-electron chi connectivity index (χ2n) is 6.55. The minimum Gasteiger partial charge on any atom is -0.370 e. The SMILES string of the molecule is NCC1(CC(=O)Nc2ccccc2SCCC(N)=O)CCCCC1. The van der Waals surface area contributed by atoms with Crippen molar-refractivity contribution in [2.24, 2.45) is 16.9 Å². The molecule has 6 heteroatoms. The molecule has 2 rings (SSSR count). The lowest BCUT2D eigenvalue weighted by Crippen LogP contribution is -2.36. The van der Waals surface area contributed by atoms with Gasteiger partial charge in [0.05, 0.1) is 5.69 Å². The Kier molecular flexibility index (Phi) is 7.12. The molecule has 0 unspecified atom stereocenters. The topological polar surface area (TPSA) is 98.2 Å². The zero-order valence-corrected chi connectivity index (χ0v) is 14.9. The maximum Gasteiger partial charge on any atom is 0.225 e. The van der Waals surface area contributed by atoms with Crippen LogP contribution in [-0.2, 0) is 9.59 Å². The van der Waals surface area contributed by atoms with Crippen molar-refractivity contribution in [3.05, 3.63) is 24.3 Å². The molecule has 132 valence electrons. The molecule has 0 aromatic heterocycles. The lowest BCUT2D eigenvalue weighted by molar-refractivity contribution is -0.119. The predicted molar refractivity (Wildman–Crippen MR) is 98.8 cm³/mol. The van der Waals surface area contributed by atoms with Gasteiger partial charge in [-0.25, -0.2) is 0 Å². The van der Waals surface area contributed by atoms with Crippen molar-refractivity contribution >= 4 is 29.3 Å². The number of carbonyl (C=O) groups is 2. The Morgan fingerprint density at radius 2 is 1.88 bits per heavy atom. The number of hydrogen-bond donors (Lipinski definition) is 3. The normalized spacial score (nSPS) is 16.5. The van der Waals surface area contributed by atoms with Crippen LogP contribution in [0, 0.1) is 5.41 Å². The molecule has 0 heterocycles. The van der Waals surface area contributed by atoms with E-state index in [2.05, 4.69) is 5.32 Å². The number of nitrogens with one attached hydrogen (secondary N) is 1. The molecule has 0 spiro atoms. The third kappa shape index (κ3) is 5.53. The van der Waals surface area contributed by atoms with Gasteiger partial charge in [0.25, 0.3) is 0 Å². The first-order chi connectivity index (χ1) is 11.5. The highest BCUT2D eigenvalue weighted by Crippen LogP contribution is 2.39. The number of rotatable bonds is 8. The van der Waals surface area contributed by atoms with Gasteiger partial charge in [0, 0.05) is 23.5 Å². The summed E-state index contributed by atoms with van der Waals surface area (Å²) in [7, 11) is 0. The Morgan fingerprint density at radius 1 is 1.17 bits per heavy atom. The fourth-order valence-electron chi connectivity index (χ4n) is 3.25. The fourth-order valence-corrected chi connectivity index (χ4v) is 4.22. The van der Waals surface area contributed by atoms with E-state index >= 15 is 0 Å². The third-order valence-electron chi connectivity index (χ3n) is 4.65. The van der Waals surface area contributed by atoms with E-state index in [4.69, 9.17) is 11.5 Å². The zero-order chi connectivity index (χ0) is 17.4. The summed E-state index contributed by atoms with van der Waals surface area (Å²) in [6.07, 6.45) is 6.42. The van der Waals surface area contributed by atoms with Crippen LogP contribution in [-0.4, -0.2) is 24.1 Å². The number of anilines is 1. The van der Waals surface area contributed by atoms with Crippen molar-refractivity contribution in [2.45, 2.75) is 49.8 Å². The summed E-state index contributed by atoms with van der Waals surface area (Å²) in [6, 6.07) is 7.65. The van der Waals surface area contributed by atoms with Crippen LogP contribution in [0.25, 0.3) is 0 Å². The van der Waals surface area contributed by atoms with Crippen LogP contribution < -0.4 is 16.8 Å². The van der Waals surface area contributed by atoms with Crippen LogP contribution in [0.4, 0.5) is 5.69 Å². The maximum absolute atomic E-state index is 12.5. The molecule has 5 N–H and O–H groups in total. The minimum absolute atomic E-state index is 0.0188. The van der Waals surface area contributed by atoms with Gasteiger partial charge in [-0.1, -0.05) is 31.4 Å². The van der Waals surface area contributed by atoms with Gasteiger partial charge in [-0.15, -0.1) is 11.8 Å². The summed E-state index contributed by atoms with van der Waals surface area (Å²) in [5.74, 6) is 0.311. The van der Waals surface area contributed by atoms with Crippen molar-refractivity contribution in [3.8, 4) is 0 Å². The van der Waals surface area contributed by atoms with E-state index in [1.807, 2.05) is 24.3 Å². The fraction of sp³-hybridized carbons (Fsp3) is 0.556. The molecular formula is C18H27N3O2S. The molecule has 5 nitrogen and oxygen atoms in total. The number of amides is 2. The maximum atomic E-state index is 12.5. The molecule has 1 aliphatic carbocycles. The highest BCUT2D eigenvalue weighted by molar-refractivity contribution is 7.99. The summed E-state index contributed by atoms with van der Waals surface area (Å²) in [5.41, 5.74) is 11.9. The lowest BCUT2D eigenvalue weighted by atomic mass is 9.71. The van der Waals surface area contributed by atoms with E-state index in [9.17, 15) is 9.59 Å². The number of carbonyl (C=O) groups excluding carboxylic acids is 2. The van der Waals surface area contributed by atoms with Crippen molar-refractivity contribution in [2.75, 3.05) is 17.6 Å². The monoisotopic (exact) mass is 349 g/mol. The van der Waals surface area contributed by atoms with Crippen LogP contribution >= 0.6 is 11.8 Å². The molecule has 1 fully saturated rings. The van der Waals surface area contributed by atoms with E-state index in [-0.39, 0.29) is 17.2 Å². The number of nitrogens with two attached hydrogens (primary N) is 2. The second-order valence-corrected chi connectivity index (χ2v) is 7.69. The number of thioether (sulfide) groups is 1. The van der Waals surface area contributed by atoms with Crippen molar-refractivity contribution < 1.29 is 9.59 Å². The summed E-state index contributed by atoms with van der Waals surface area (Å²) in [6.45, 7) is 0.565. The van der Waals surface area contributed by atoms with Gasteiger partial charge < -0.3 is 16.8 Å². The average Bonchev–Trinajstić information content (AvgIpc) is 2.57. The predicted octanol–water partition coefficient (Wildman–Crippen LogP) is 2.89. The molecule has 0 aliphatic heterocycles. The van der Waals surface area contributed by atoms with Crippen LogP contribution in [0.15, 0.2) is 29.2 Å². The molecule has 0 bridgehead atoms. The quantitative estimate of drug-likeness (QED) is 0.628. The first kappa shape index (κ1) is 18.8. The Hall–Kier alpha value is -1.53. The summed E-state index contributed by atoms with van der Waals surface area (Å²) >= 11 is 1.53. The van der Waals surface area contributed by atoms with Crippen LogP contribution in [0.1, 0.15) is 44.9 Å². The highest BCUT2D eigenvalue weighted by Gasteiger charge is 2.33. The number of para-hydroxylation sites is 1. The summed E-state index contributed by atoms with van der Waals surface area (Å²) in [4.78, 5) is 24.4. The highest BCUT2D eigenvalue weighted by atomic mass is 32.2. The number of hydrogen-bond acceptors (Lipinski definition) is 4. The number of primary amides is 1. The molecule has 1 aromatic carbocycles. The Bertz CT molecular complexity index is 571. The van der Waals surface area contributed by atoms with E-state index in [1.165, 1.54) is 18.2 Å². The Morgan fingerprint density at radius 3 is 2.54 bits per heavy atom. The van der Waals surface area contributed by atoms with Gasteiger partial charge in [0.15, 0.2) is 0 Å². The van der Waals surface area contributed by atoms with E-state index < -0.39 is 0 Å². The van der Waals surface area contributed by atoms with Crippen molar-refractivity contribution in [1.82, 2.24) is 0 Å². The Labute approximate surface area is 147 Å². The molecule has 0 saturated heterocycles. The van der Waals surface area contributed by atoms with Crippen LogP contribution in [0.2, 0.25) is 0 Å². The van der Waals surface area contributed by atoms with Crippen LogP contribution in [0.5, 0.6) is 0 Å². The largest absolute Gasteiger partial charge is 0.370 e. The molecular weight excluding hydrogens is 322 g/mol. The number of benzene rings is 1. The molecule has 0 radical (unpaired) electrons. The van der Waals surface area contributed by atoms with E-state index in [1.54, 1.807) is 0 Å². The molecule has 1 aliphatic rings. The van der Waals surface area contributed by atoms with Crippen molar-refractivity contribution in [3.63, 3.8) is 0 Å². The summed E-state index contributed by atoms with van der Waals surface area (Å²) in [5, 5.41) is 3.02.